The maximum atomic E-state index is 5.71. The van der Waals surface area contributed by atoms with E-state index in [0.717, 1.165) is 6.61 Å². The molecule has 12 heavy (non-hydrogen) atoms. The normalized spacial score (nSPS) is 31.8. The van der Waals surface area contributed by atoms with Crippen LogP contribution < -0.4 is 0 Å². The van der Waals surface area contributed by atoms with Crippen molar-refractivity contribution in [1.29, 1.82) is 0 Å². The topological polar surface area (TPSA) is 12.5 Å². The van der Waals surface area contributed by atoms with Crippen LogP contribution in [0.2, 0.25) is 0 Å². The highest BCUT2D eigenvalue weighted by molar-refractivity contribution is 4.79. The van der Waals surface area contributed by atoms with E-state index in [9.17, 15) is 0 Å². The van der Waals surface area contributed by atoms with Crippen LogP contribution in [0.1, 0.15) is 40.5 Å². The van der Waals surface area contributed by atoms with Crippen LogP contribution >= 0.6 is 0 Å². The first-order valence-electron chi connectivity index (χ1n) is 5.05. The molecular weight excluding hydrogens is 150 g/mol. The van der Waals surface area contributed by atoms with Crippen LogP contribution in [0.15, 0.2) is 0 Å². The molecule has 1 saturated heterocycles. The van der Waals surface area contributed by atoms with Crippen LogP contribution in [0.25, 0.3) is 0 Å². The lowest BCUT2D eigenvalue weighted by atomic mass is 10.2. The van der Waals surface area contributed by atoms with Crippen LogP contribution in [-0.4, -0.2) is 29.8 Å². The van der Waals surface area contributed by atoms with Gasteiger partial charge in [0.1, 0.15) is 6.23 Å². The number of hydrogen-bond donors (Lipinski definition) is 0. The number of nitrogens with zero attached hydrogens (tertiary/aromatic N) is 1. The lowest BCUT2D eigenvalue weighted by molar-refractivity contribution is 0.00872. The van der Waals surface area contributed by atoms with E-state index in [-0.39, 0.29) is 0 Å². The van der Waals surface area contributed by atoms with Gasteiger partial charge in [0.15, 0.2) is 0 Å². The third-order valence-electron chi connectivity index (χ3n) is 2.50. The van der Waals surface area contributed by atoms with Crippen LogP contribution in [0.3, 0.4) is 0 Å². The molecule has 1 heterocycles. The highest BCUT2D eigenvalue weighted by Gasteiger charge is 2.32. The number of rotatable bonds is 3. The number of hydrogen-bond acceptors (Lipinski definition) is 2. The van der Waals surface area contributed by atoms with Gasteiger partial charge in [-0.15, -0.1) is 0 Å². The van der Waals surface area contributed by atoms with Gasteiger partial charge in [0, 0.05) is 12.1 Å². The zero-order valence-corrected chi connectivity index (χ0v) is 8.71. The molecule has 0 amide bonds. The smallest absolute Gasteiger partial charge is 0.111 e. The Labute approximate surface area is 75.9 Å². The predicted molar refractivity (Wildman–Crippen MR) is 51.1 cm³/mol. The molecule has 1 aliphatic heterocycles. The first-order chi connectivity index (χ1) is 5.66. The molecule has 0 aromatic heterocycles. The Kier molecular flexibility index (Phi) is 3.53. The lowest BCUT2D eigenvalue weighted by Crippen LogP contribution is -2.40. The molecule has 1 aliphatic rings. The Morgan fingerprint density at radius 1 is 1.50 bits per heavy atom. The van der Waals surface area contributed by atoms with Crippen LogP contribution in [0.4, 0.5) is 0 Å². The minimum Gasteiger partial charge on any atom is -0.362 e. The quantitative estimate of drug-likeness (QED) is 0.645. The highest BCUT2D eigenvalue weighted by Crippen LogP contribution is 2.22. The first-order valence-corrected chi connectivity index (χ1v) is 5.05. The highest BCUT2D eigenvalue weighted by atomic mass is 16.5. The van der Waals surface area contributed by atoms with E-state index in [0.29, 0.717) is 18.3 Å². The van der Waals surface area contributed by atoms with Crippen LogP contribution in [-0.2, 0) is 4.74 Å². The zero-order chi connectivity index (χ0) is 9.14. The van der Waals surface area contributed by atoms with Gasteiger partial charge in [-0.25, -0.2) is 0 Å². The molecule has 1 fully saturated rings. The maximum absolute atomic E-state index is 5.71. The number of ether oxygens (including phenoxy) is 1. The summed E-state index contributed by atoms with van der Waals surface area (Å²) in [5.74, 6) is 0. The molecule has 72 valence electrons. The predicted octanol–water partition coefficient (Wildman–Crippen LogP) is 2.24. The van der Waals surface area contributed by atoms with E-state index in [1.807, 2.05) is 0 Å². The van der Waals surface area contributed by atoms with Crippen molar-refractivity contribution in [2.24, 2.45) is 0 Å². The van der Waals surface area contributed by atoms with Gasteiger partial charge in [-0.1, -0.05) is 13.3 Å². The third kappa shape index (κ3) is 1.99. The molecule has 0 radical (unpaired) electrons. The van der Waals surface area contributed by atoms with Crippen molar-refractivity contribution in [1.82, 2.24) is 4.90 Å². The second kappa shape index (κ2) is 4.24. The van der Waals surface area contributed by atoms with E-state index in [1.165, 1.54) is 12.8 Å². The van der Waals surface area contributed by atoms with Crippen LogP contribution in [0, 0.1) is 0 Å². The zero-order valence-electron chi connectivity index (χ0n) is 8.71. The van der Waals surface area contributed by atoms with Gasteiger partial charge >= 0.3 is 0 Å². The Hall–Kier alpha value is -0.0800. The Morgan fingerprint density at radius 3 is 2.67 bits per heavy atom. The van der Waals surface area contributed by atoms with Crippen molar-refractivity contribution < 1.29 is 4.74 Å². The first kappa shape index (κ1) is 10.0. The van der Waals surface area contributed by atoms with Crippen molar-refractivity contribution in [2.45, 2.75) is 58.8 Å². The van der Waals surface area contributed by atoms with Gasteiger partial charge in [0.05, 0.1) is 6.61 Å². The molecule has 0 spiro atoms. The van der Waals surface area contributed by atoms with E-state index >= 15 is 0 Å². The summed E-state index contributed by atoms with van der Waals surface area (Å²) in [7, 11) is 0. The van der Waals surface area contributed by atoms with Gasteiger partial charge in [-0.2, -0.15) is 0 Å². The summed E-state index contributed by atoms with van der Waals surface area (Å²) in [6.07, 6.45) is 2.76. The van der Waals surface area contributed by atoms with Gasteiger partial charge in [-0.3, -0.25) is 4.90 Å². The SMILES string of the molecule is CCCC1OC[C@@H](C)N1C(C)C. The van der Waals surface area contributed by atoms with Crippen LogP contribution in [0.5, 0.6) is 0 Å². The van der Waals surface area contributed by atoms with Gasteiger partial charge < -0.3 is 4.74 Å². The largest absolute Gasteiger partial charge is 0.362 e. The fraction of sp³-hybridized carbons (Fsp3) is 1.00. The fourth-order valence-electron chi connectivity index (χ4n) is 2.03. The molecule has 0 N–H and O–H groups in total. The molecule has 2 heteroatoms. The molecule has 0 aliphatic carbocycles. The summed E-state index contributed by atoms with van der Waals surface area (Å²) in [5, 5.41) is 0. The second-order valence-corrected chi connectivity index (χ2v) is 3.97. The second-order valence-electron chi connectivity index (χ2n) is 3.97. The van der Waals surface area contributed by atoms with E-state index in [2.05, 4.69) is 32.6 Å². The third-order valence-corrected chi connectivity index (χ3v) is 2.50. The monoisotopic (exact) mass is 171 g/mol. The molecule has 0 bridgehead atoms. The van der Waals surface area contributed by atoms with E-state index in [4.69, 9.17) is 4.74 Å². The van der Waals surface area contributed by atoms with Crippen molar-refractivity contribution in [2.75, 3.05) is 6.61 Å². The van der Waals surface area contributed by atoms with Gasteiger partial charge in [0.2, 0.25) is 0 Å². The summed E-state index contributed by atoms with van der Waals surface area (Å²) >= 11 is 0. The molecular formula is C10H21NO. The molecule has 2 nitrogen and oxygen atoms in total. The summed E-state index contributed by atoms with van der Waals surface area (Å²) in [6, 6.07) is 1.21. The van der Waals surface area contributed by atoms with Crippen molar-refractivity contribution in [3.63, 3.8) is 0 Å². The molecule has 0 aromatic rings. The lowest BCUT2D eigenvalue weighted by Gasteiger charge is -2.29. The van der Waals surface area contributed by atoms with E-state index in [1.54, 1.807) is 0 Å². The summed E-state index contributed by atoms with van der Waals surface area (Å²) in [6.45, 7) is 9.85. The minimum atomic E-state index is 0.380. The Bertz CT molecular complexity index is 134. The average Bonchev–Trinajstić information content (AvgIpc) is 2.32. The van der Waals surface area contributed by atoms with Gasteiger partial charge in [0.25, 0.3) is 0 Å². The Morgan fingerprint density at radius 2 is 2.17 bits per heavy atom. The summed E-state index contributed by atoms with van der Waals surface area (Å²) < 4.78 is 5.71. The van der Waals surface area contributed by atoms with Crippen molar-refractivity contribution in [3.05, 3.63) is 0 Å². The standard InChI is InChI=1S/C10H21NO/c1-5-6-10-11(8(2)3)9(4)7-12-10/h8-10H,5-7H2,1-4H3/t9-,10?/m1/s1. The minimum absolute atomic E-state index is 0.380. The van der Waals surface area contributed by atoms with Gasteiger partial charge in [-0.05, 0) is 27.2 Å². The Balaban J connectivity index is 2.51. The molecule has 2 atom stereocenters. The van der Waals surface area contributed by atoms with Crippen molar-refractivity contribution >= 4 is 0 Å². The fourth-order valence-corrected chi connectivity index (χ4v) is 2.03. The maximum Gasteiger partial charge on any atom is 0.111 e. The molecule has 1 unspecified atom stereocenters. The summed E-state index contributed by atoms with van der Waals surface area (Å²) in [5.41, 5.74) is 0. The molecule has 0 aromatic carbocycles. The molecule has 1 rings (SSSR count). The molecule has 0 saturated carbocycles. The average molecular weight is 171 g/mol. The van der Waals surface area contributed by atoms with E-state index < -0.39 is 0 Å². The van der Waals surface area contributed by atoms with Crippen molar-refractivity contribution in [3.8, 4) is 0 Å². The summed E-state index contributed by atoms with van der Waals surface area (Å²) in [4.78, 5) is 2.48.